The van der Waals surface area contributed by atoms with Crippen molar-refractivity contribution in [3.05, 3.63) is 0 Å². The van der Waals surface area contributed by atoms with E-state index in [0.29, 0.717) is 24.4 Å². The average Bonchev–Trinajstić information content (AvgIpc) is 3.50. The number of unbranched alkanes of at least 4 members (excludes halogenated alkanes) is 3. The van der Waals surface area contributed by atoms with Crippen molar-refractivity contribution >= 4 is 0 Å². The van der Waals surface area contributed by atoms with Crippen molar-refractivity contribution in [2.45, 2.75) is 88.6 Å². The highest BCUT2D eigenvalue weighted by Gasteiger charge is 2.44. The Morgan fingerprint density at radius 1 is 0.583 bits per heavy atom. The van der Waals surface area contributed by atoms with Gasteiger partial charge in [-0.15, -0.1) is 0 Å². The van der Waals surface area contributed by atoms with Crippen molar-refractivity contribution in [3.63, 3.8) is 0 Å². The van der Waals surface area contributed by atoms with E-state index in [0.717, 1.165) is 38.3 Å². The molecule has 6 unspecified atom stereocenters. The number of fused-ring (bicyclic) bond motifs is 2. The van der Waals surface area contributed by atoms with Crippen molar-refractivity contribution in [3.8, 4) is 0 Å². The highest BCUT2D eigenvalue weighted by Crippen LogP contribution is 2.40. The SMILES string of the molecule is C(CCCOCC1CCC2OC2C1)CCOCC1CCC2OC2C1. The summed E-state index contributed by atoms with van der Waals surface area (Å²) >= 11 is 0. The van der Waals surface area contributed by atoms with Gasteiger partial charge in [0.2, 0.25) is 0 Å². The van der Waals surface area contributed by atoms with E-state index in [1.807, 2.05) is 0 Å². The van der Waals surface area contributed by atoms with Crippen LogP contribution in [0.1, 0.15) is 64.2 Å². The first-order valence-electron chi connectivity index (χ1n) is 10.3. The molecule has 2 saturated heterocycles. The molecule has 4 fully saturated rings. The summed E-state index contributed by atoms with van der Waals surface area (Å²) in [7, 11) is 0. The standard InChI is InChI=1S/C20H34O4/c1(3-9-21-13-15-5-7-17-19(11-15)23-17)2-4-10-22-14-16-6-8-18-20(12-16)24-18/h15-20H,1-14H2. The summed E-state index contributed by atoms with van der Waals surface area (Å²) < 4.78 is 22.9. The van der Waals surface area contributed by atoms with Crippen LogP contribution in [0.25, 0.3) is 0 Å². The minimum Gasteiger partial charge on any atom is -0.381 e. The van der Waals surface area contributed by atoms with Gasteiger partial charge in [0.25, 0.3) is 0 Å². The Morgan fingerprint density at radius 2 is 1.08 bits per heavy atom. The molecule has 0 amide bonds. The van der Waals surface area contributed by atoms with E-state index in [-0.39, 0.29) is 0 Å². The molecule has 0 aromatic carbocycles. The molecule has 0 spiro atoms. The van der Waals surface area contributed by atoms with Gasteiger partial charge in [-0.3, -0.25) is 0 Å². The molecular weight excluding hydrogens is 304 g/mol. The molecule has 0 N–H and O–H groups in total. The van der Waals surface area contributed by atoms with Crippen LogP contribution in [-0.4, -0.2) is 50.8 Å². The average molecular weight is 338 g/mol. The molecule has 6 atom stereocenters. The summed E-state index contributed by atoms with van der Waals surface area (Å²) in [5.41, 5.74) is 0. The van der Waals surface area contributed by atoms with Gasteiger partial charge in [-0.2, -0.15) is 0 Å². The van der Waals surface area contributed by atoms with Crippen molar-refractivity contribution in [1.82, 2.24) is 0 Å². The first-order valence-corrected chi connectivity index (χ1v) is 10.3. The second kappa shape index (κ2) is 8.48. The van der Waals surface area contributed by atoms with Gasteiger partial charge in [-0.05, 0) is 63.2 Å². The van der Waals surface area contributed by atoms with E-state index in [2.05, 4.69) is 0 Å². The predicted molar refractivity (Wildman–Crippen MR) is 92.1 cm³/mol. The third-order valence-corrected chi connectivity index (χ3v) is 6.26. The lowest BCUT2D eigenvalue weighted by molar-refractivity contribution is 0.0789. The minimum atomic E-state index is 0.583. The second-order valence-corrected chi connectivity index (χ2v) is 8.35. The molecule has 2 aliphatic heterocycles. The molecule has 4 heteroatoms. The van der Waals surface area contributed by atoms with E-state index in [1.54, 1.807) is 0 Å². The van der Waals surface area contributed by atoms with Crippen LogP contribution in [0.4, 0.5) is 0 Å². The van der Waals surface area contributed by atoms with Crippen LogP contribution in [-0.2, 0) is 18.9 Å². The van der Waals surface area contributed by atoms with Crippen LogP contribution in [0, 0.1) is 11.8 Å². The van der Waals surface area contributed by atoms with E-state index >= 15 is 0 Å². The van der Waals surface area contributed by atoms with Crippen LogP contribution < -0.4 is 0 Å². The Morgan fingerprint density at radius 3 is 1.54 bits per heavy atom. The van der Waals surface area contributed by atoms with Gasteiger partial charge < -0.3 is 18.9 Å². The van der Waals surface area contributed by atoms with Crippen molar-refractivity contribution in [1.29, 1.82) is 0 Å². The highest BCUT2D eigenvalue weighted by atomic mass is 16.6. The molecule has 0 aromatic rings. The number of hydrogen-bond acceptors (Lipinski definition) is 4. The Hall–Kier alpha value is -0.160. The molecule has 4 nitrogen and oxygen atoms in total. The lowest BCUT2D eigenvalue weighted by Gasteiger charge is -2.19. The minimum absolute atomic E-state index is 0.583. The molecule has 4 rings (SSSR count). The molecule has 24 heavy (non-hydrogen) atoms. The van der Waals surface area contributed by atoms with E-state index in [9.17, 15) is 0 Å². The lowest BCUT2D eigenvalue weighted by Crippen LogP contribution is -2.18. The van der Waals surface area contributed by atoms with Gasteiger partial charge in [-0.1, -0.05) is 12.8 Å². The topological polar surface area (TPSA) is 43.5 Å². The van der Waals surface area contributed by atoms with Crippen LogP contribution >= 0.6 is 0 Å². The maximum atomic E-state index is 5.86. The third kappa shape index (κ3) is 5.17. The highest BCUT2D eigenvalue weighted by molar-refractivity contribution is 4.92. The third-order valence-electron chi connectivity index (χ3n) is 6.26. The Balaban J connectivity index is 0.907. The van der Waals surface area contributed by atoms with E-state index < -0.39 is 0 Å². The number of rotatable bonds is 11. The van der Waals surface area contributed by atoms with Gasteiger partial charge >= 0.3 is 0 Å². The van der Waals surface area contributed by atoms with Gasteiger partial charge in [0.15, 0.2) is 0 Å². The summed E-state index contributed by atoms with van der Waals surface area (Å²) in [4.78, 5) is 0. The molecule has 4 aliphatic rings. The zero-order valence-corrected chi connectivity index (χ0v) is 15.0. The number of hydrogen-bond donors (Lipinski definition) is 0. The molecule has 0 aromatic heterocycles. The smallest absolute Gasteiger partial charge is 0.0845 e. The molecule has 2 saturated carbocycles. The van der Waals surface area contributed by atoms with Crippen LogP contribution in [0.15, 0.2) is 0 Å². The zero-order chi connectivity index (χ0) is 16.2. The predicted octanol–water partition coefficient (Wildman–Crippen LogP) is 3.72. The summed E-state index contributed by atoms with van der Waals surface area (Å²) in [5, 5.41) is 0. The van der Waals surface area contributed by atoms with Crippen LogP contribution in [0.3, 0.4) is 0 Å². The Bertz CT molecular complexity index is 352. The van der Waals surface area contributed by atoms with Crippen molar-refractivity contribution in [2.24, 2.45) is 11.8 Å². The monoisotopic (exact) mass is 338 g/mol. The summed E-state index contributed by atoms with van der Waals surface area (Å²) in [5.74, 6) is 1.50. The largest absolute Gasteiger partial charge is 0.381 e. The van der Waals surface area contributed by atoms with Crippen molar-refractivity contribution < 1.29 is 18.9 Å². The molecule has 0 radical (unpaired) electrons. The number of epoxide rings is 2. The quantitative estimate of drug-likeness (QED) is 0.425. The van der Waals surface area contributed by atoms with Gasteiger partial charge in [0.05, 0.1) is 24.4 Å². The Labute approximate surface area is 146 Å². The summed E-state index contributed by atoms with van der Waals surface area (Å²) in [6.07, 6.45) is 14.9. The molecule has 2 aliphatic carbocycles. The molecule has 2 heterocycles. The van der Waals surface area contributed by atoms with E-state index in [1.165, 1.54) is 64.2 Å². The first-order chi connectivity index (χ1) is 11.9. The number of ether oxygens (including phenoxy) is 4. The molecule has 0 bridgehead atoms. The van der Waals surface area contributed by atoms with E-state index in [4.69, 9.17) is 18.9 Å². The fraction of sp³-hybridized carbons (Fsp3) is 1.00. The summed E-state index contributed by atoms with van der Waals surface area (Å²) in [6.45, 7) is 3.75. The van der Waals surface area contributed by atoms with Crippen molar-refractivity contribution in [2.75, 3.05) is 26.4 Å². The Kier molecular flexibility index (Phi) is 6.10. The van der Waals surface area contributed by atoms with Crippen LogP contribution in [0.2, 0.25) is 0 Å². The maximum Gasteiger partial charge on any atom is 0.0845 e. The van der Waals surface area contributed by atoms with Gasteiger partial charge in [0, 0.05) is 26.4 Å². The second-order valence-electron chi connectivity index (χ2n) is 8.35. The van der Waals surface area contributed by atoms with Crippen LogP contribution in [0.5, 0.6) is 0 Å². The lowest BCUT2D eigenvalue weighted by atomic mass is 9.90. The normalized spacial score (nSPS) is 40.0. The zero-order valence-electron chi connectivity index (χ0n) is 15.0. The fourth-order valence-electron chi connectivity index (χ4n) is 4.54. The summed E-state index contributed by atoms with van der Waals surface area (Å²) in [6, 6.07) is 0. The first kappa shape index (κ1) is 17.3. The van der Waals surface area contributed by atoms with Gasteiger partial charge in [-0.25, -0.2) is 0 Å². The fourth-order valence-corrected chi connectivity index (χ4v) is 4.54. The molecular formula is C20H34O4. The maximum absolute atomic E-state index is 5.86. The molecule has 138 valence electrons. The van der Waals surface area contributed by atoms with Gasteiger partial charge in [0.1, 0.15) is 0 Å².